The number of nitrogens with zero attached hydrogens (tertiary/aromatic N) is 1. The summed E-state index contributed by atoms with van der Waals surface area (Å²) in [5, 5.41) is 9.46. The quantitative estimate of drug-likeness (QED) is 0.920. The summed E-state index contributed by atoms with van der Waals surface area (Å²) in [6.07, 6.45) is 0.389. The van der Waals surface area contributed by atoms with Crippen LogP contribution in [0.25, 0.3) is 0 Å². The Balaban J connectivity index is 2.01. The maximum absolute atomic E-state index is 12.6. The molecule has 1 aliphatic heterocycles. The molecule has 2 aromatic carbocycles. The van der Waals surface area contributed by atoms with Gasteiger partial charge in [0.25, 0.3) is 15.9 Å². The smallest absolute Gasteiger partial charge is 0.267 e. The van der Waals surface area contributed by atoms with Crippen LogP contribution in [0.15, 0.2) is 47.4 Å². The highest BCUT2D eigenvalue weighted by atomic mass is 32.2. The van der Waals surface area contributed by atoms with Crippen molar-refractivity contribution in [2.24, 2.45) is 0 Å². The zero-order valence-corrected chi connectivity index (χ0v) is 12.8. The van der Waals surface area contributed by atoms with Crippen LogP contribution in [0.3, 0.4) is 0 Å². The Bertz CT molecular complexity index is 841. The van der Waals surface area contributed by atoms with E-state index in [1.807, 2.05) is 6.92 Å². The molecule has 5 nitrogen and oxygen atoms in total. The Labute approximate surface area is 128 Å². The van der Waals surface area contributed by atoms with E-state index in [1.54, 1.807) is 12.1 Å². The monoisotopic (exact) mass is 317 g/mol. The van der Waals surface area contributed by atoms with Crippen molar-refractivity contribution in [3.63, 3.8) is 0 Å². The van der Waals surface area contributed by atoms with Gasteiger partial charge < -0.3 is 5.11 Å². The zero-order valence-electron chi connectivity index (χ0n) is 12.0. The van der Waals surface area contributed by atoms with Crippen molar-refractivity contribution in [1.29, 1.82) is 0 Å². The fourth-order valence-corrected chi connectivity index (χ4v) is 3.90. The molecule has 0 spiro atoms. The lowest BCUT2D eigenvalue weighted by Crippen LogP contribution is -2.41. The molecule has 0 atom stereocenters. The van der Waals surface area contributed by atoms with Crippen molar-refractivity contribution in [3.8, 4) is 5.75 Å². The first kappa shape index (κ1) is 14.6. The average Bonchev–Trinajstić information content (AvgIpc) is 2.47. The molecule has 0 aliphatic carbocycles. The SMILES string of the molecule is Cc1ccc(S(=O)(=O)N2CCc3cc(O)ccc3C2=O)cc1. The Morgan fingerprint density at radius 1 is 1.09 bits per heavy atom. The van der Waals surface area contributed by atoms with Gasteiger partial charge in [-0.1, -0.05) is 17.7 Å². The Morgan fingerprint density at radius 2 is 1.77 bits per heavy atom. The number of hydrogen-bond donors (Lipinski definition) is 1. The Hall–Kier alpha value is -2.34. The van der Waals surface area contributed by atoms with E-state index in [0.717, 1.165) is 9.87 Å². The number of carbonyl (C=O) groups is 1. The molecule has 2 aromatic rings. The predicted octanol–water partition coefficient (Wildman–Crippen LogP) is 2.09. The number of sulfonamides is 1. The fraction of sp³-hybridized carbons (Fsp3) is 0.188. The number of aryl methyl sites for hydroxylation is 1. The summed E-state index contributed by atoms with van der Waals surface area (Å²) in [5.74, 6) is -0.483. The van der Waals surface area contributed by atoms with Gasteiger partial charge in [-0.05, 0) is 49.2 Å². The van der Waals surface area contributed by atoms with E-state index in [4.69, 9.17) is 0 Å². The van der Waals surface area contributed by atoms with Crippen LogP contribution in [0.4, 0.5) is 0 Å². The molecule has 0 aromatic heterocycles. The van der Waals surface area contributed by atoms with Crippen molar-refractivity contribution < 1.29 is 18.3 Å². The second kappa shape index (κ2) is 5.14. The predicted molar refractivity (Wildman–Crippen MR) is 81.2 cm³/mol. The number of benzene rings is 2. The molecular weight excluding hydrogens is 302 g/mol. The summed E-state index contributed by atoms with van der Waals surface area (Å²) >= 11 is 0. The van der Waals surface area contributed by atoms with Crippen LogP contribution in [0, 0.1) is 6.92 Å². The van der Waals surface area contributed by atoms with Gasteiger partial charge in [-0.25, -0.2) is 12.7 Å². The van der Waals surface area contributed by atoms with E-state index in [1.165, 1.54) is 30.3 Å². The maximum Gasteiger partial charge on any atom is 0.267 e. The number of rotatable bonds is 2. The molecule has 0 radical (unpaired) electrons. The first-order valence-electron chi connectivity index (χ1n) is 6.85. The summed E-state index contributed by atoms with van der Waals surface area (Å²) in [6, 6.07) is 10.8. The van der Waals surface area contributed by atoms with Crippen LogP contribution in [0.2, 0.25) is 0 Å². The minimum atomic E-state index is -3.86. The number of phenols is 1. The van der Waals surface area contributed by atoms with Gasteiger partial charge in [-0.3, -0.25) is 4.79 Å². The third-order valence-electron chi connectivity index (χ3n) is 3.74. The average molecular weight is 317 g/mol. The fourth-order valence-electron chi connectivity index (χ4n) is 2.52. The second-order valence-electron chi connectivity index (χ2n) is 5.29. The Morgan fingerprint density at radius 3 is 2.45 bits per heavy atom. The molecular formula is C16H15NO4S. The normalized spacial score (nSPS) is 14.8. The van der Waals surface area contributed by atoms with E-state index < -0.39 is 15.9 Å². The first-order valence-corrected chi connectivity index (χ1v) is 8.29. The van der Waals surface area contributed by atoms with Gasteiger partial charge in [-0.2, -0.15) is 0 Å². The van der Waals surface area contributed by atoms with Gasteiger partial charge in [0.15, 0.2) is 0 Å². The lowest BCUT2D eigenvalue weighted by Gasteiger charge is -2.28. The molecule has 3 rings (SSSR count). The molecule has 0 unspecified atom stereocenters. The molecule has 1 amide bonds. The first-order chi connectivity index (χ1) is 10.4. The highest BCUT2D eigenvalue weighted by Crippen LogP contribution is 2.27. The standard InChI is InChI=1S/C16H15NO4S/c1-11-2-5-14(6-3-11)22(20,21)17-9-8-12-10-13(18)4-7-15(12)16(17)19/h2-7,10,18H,8-9H2,1H3. The molecule has 22 heavy (non-hydrogen) atoms. The molecule has 114 valence electrons. The summed E-state index contributed by atoms with van der Waals surface area (Å²) in [4.78, 5) is 12.6. The van der Waals surface area contributed by atoms with E-state index in [2.05, 4.69) is 0 Å². The molecule has 1 heterocycles. The largest absolute Gasteiger partial charge is 0.508 e. The number of phenolic OH excluding ortho intramolecular Hbond substituents is 1. The van der Waals surface area contributed by atoms with Crippen LogP contribution in [0.1, 0.15) is 21.5 Å². The van der Waals surface area contributed by atoms with Gasteiger partial charge in [0.1, 0.15) is 5.75 Å². The summed E-state index contributed by atoms with van der Waals surface area (Å²) in [5.41, 5.74) is 1.94. The summed E-state index contributed by atoms with van der Waals surface area (Å²) < 4.78 is 26.2. The summed E-state index contributed by atoms with van der Waals surface area (Å²) in [7, 11) is -3.86. The van der Waals surface area contributed by atoms with Crippen LogP contribution >= 0.6 is 0 Å². The molecule has 0 bridgehead atoms. The van der Waals surface area contributed by atoms with Gasteiger partial charge in [0.05, 0.1) is 4.90 Å². The van der Waals surface area contributed by atoms with Gasteiger partial charge in [0.2, 0.25) is 0 Å². The number of amides is 1. The lowest BCUT2D eigenvalue weighted by atomic mass is 10.0. The van der Waals surface area contributed by atoms with Crippen molar-refractivity contribution in [2.45, 2.75) is 18.2 Å². The van der Waals surface area contributed by atoms with Gasteiger partial charge in [0, 0.05) is 12.1 Å². The van der Waals surface area contributed by atoms with Crippen LogP contribution < -0.4 is 0 Å². The lowest BCUT2D eigenvalue weighted by molar-refractivity contribution is 0.0850. The minimum absolute atomic E-state index is 0.0707. The molecule has 0 fully saturated rings. The maximum atomic E-state index is 12.6. The third kappa shape index (κ3) is 2.35. The van der Waals surface area contributed by atoms with E-state index in [-0.39, 0.29) is 17.2 Å². The molecule has 0 saturated heterocycles. The van der Waals surface area contributed by atoms with Crippen molar-refractivity contribution in [1.82, 2.24) is 4.31 Å². The second-order valence-corrected chi connectivity index (χ2v) is 7.15. The van der Waals surface area contributed by atoms with Crippen molar-refractivity contribution >= 4 is 15.9 Å². The number of hydrogen-bond acceptors (Lipinski definition) is 4. The third-order valence-corrected chi connectivity index (χ3v) is 5.54. The topological polar surface area (TPSA) is 74.7 Å². The van der Waals surface area contributed by atoms with E-state index in [9.17, 15) is 18.3 Å². The number of aromatic hydroxyl groups is 1. The van der Waals surface area contributed by atoms with E-state index >= 15 is 0 Å². The minimum Gasteiger partial charge on any atom is -0.508 e. The molecule has 6 heteroatoms. The highest BCUT2D eigenvalue weighted by molar-refractivity contribution is 7.89. The van der Waals surface area contributed by atoms with Gasteiger partial charge >= 0.3 is 0 Å². The molecule has 0 saturated carbocycles. The highest BCUT2D eigenvalue weighted by Gasteiger charge is 2.34. The molecule has 1 N–H and O–H groups in total. The van der Waals surface area contributed by atoms with Crippen LogP contribution in [-0.2, 0) is 16.4 Å². The Kier molecular flexibility index (Phi) is 3.41. The van der Waals surface area contributed by atoms with Gasteiger partial charge in [-0.15, -0.1) is 0 Å². The van der Waals surface area contributed by atoms with E-state index in [0.29, 0.717) is 17.5 Å². The number of carbonyl (C=O) groups excluding carboxylic acids is 1. The molecule has 1 aliphatic rings. The van der Waals surface area contributed by atoms with Crippen LogP contribution in [-0.4, -0.2) is 30.3 Å². The summed E-state index contributed by atoms with van der Waals surface area (Å²) in [6.45, 7) is 1.94. The van der Waals surface area contributed by atoms with Crippen LogP contribution in [0.5, 0.6) is 5.75 Å². The zero-order chi connectivity index (χ0) is 15.9. The van der Waals surface area contributed by atoms with Crippen molar-refractivity contribution in [3.05, 3.63) is 59.2 Å². The van der Waals surface area contributed by atoms with Crippen molar-refractivity contribution in [2.75, 3.05) is 6.54 Å². The number of fused-ring (bicyclic) bond motifs is 1.